The smallest absolute Gasteiger partial charge is 0.342 e. The highest BCUT2D eigenvalue weighted by Crippen LogP contribution is 2.25. The van der Waals surface area contributed by atoms with E-state index in [0.29, 0.717) is 11.5 Å². The van der Waals surface area contributed by atoms with Gasteiger partial charge in [-0.1, -0.05) is 43.7 Å². The number of rotatable bonds is 8. The molecule has 0 aliphatic carbocycles. The van der Waals surface area contributed by atoms with E-state index in [1.165, 1.54) is 0 Å². The van der Waals surface area contributed by atoms with Crippen molar-refractivity contribution >= 4 is 11.9 Å². The number of amides is 1. The van der Waals surface area contributed by atoms with Crippen molar-refractivity contribution in [3.05, 3.63) is 60.2 Å². The lowest BCUT2D eigenvalue weighted by Crippen LogP contribution is -2.35. The highest BCUT2D eigenvalue weighted by molar-refractivity contribution is 5.94. The summed E-state index contributed by atoms with van der Waals surface area (Å²) in [5.41, 5.74) is 0.278. The van der Waals surface area contributed by atoms with Gasteiger partial charge in [-0.3, -0.25) is 4.79 Å². The molecule has 1 amide bonds. The van der Waals surface area contributed by atoms with Crippen LogP contribution in [0.1, 0.15) is 37.0 Å². The van der Waals surface area contributed by atoms with Crippen molar-refractivity contribution < 1.29 is 19.1 Å². The fourth-order valence-corrected chi connectivity index (χ4v) is 2.37. The van der Waals surface area contributed by atoms with Crippen molar-refractivity contribution in [2.24, 2.45) is 0 Å². The standard InChI is InChI=1S/C20H23NO4/c1-3-9-15(2)21-19(22)14-24-20(23)17-12-7-8-13-18(17)25-16-10-5-4-6-11-16/h4-8,10-13,15H,3,9,14H2,1-2H3,(H,21,22). The molecular formula is C20H23NO4. The Morgan fingerprint density at radius 1 is 1.04 bits per heavy atom. The maximum atomic E-state index is 12.3. The fourth-order valence-electron chi connectivity index (χ4n) is 2.37. The van der Waals surface area contributed by atoms with Crippen molar-refractivity contribution in [1.29, 1.82) is 0 Å². The Balaban J connectivity index is 1.96. The van der Waals surface area contributed by atoms with E-state index in [-0.39, 0.29) is 24.1 Å². The van der Waals surface area contributed by atoms with E-state index >= 15 is 0 Å². The van der Waals surface area contributed by atoms with Crippen LogP contribution >= 0.6 is 0 Å². The number of esters is 1. The second-order valence-electron chi connectivity index (χ2n) is 5.74. The van der Waals surface area contributed by atoms with Crippen LogP contribution in [-0.4, -0.2) is 24.5 Å². The van der Waals surface area contributed by atoms with Crippen molar-refractivity contribution in [2.45, 2.75) is 32.7 Å². The summed E-state index contributed by atoms with van der Waals surface area (Å²) in [6, 6.07) is 16.0. The van der Waals surface area contributed by atoms with Gasteiger partial charge in [0.05, 0.1) is 0 Å². The van der Waals surface area contributed by atoms with Crippen LogP contribution in [0.15, 0.2) is 54.6 Å². The molecule has 25 heavy (non-hydrogen) atoms. The number of benzene rings is 2. The molecule has 0 fully saturated rings. The minimum atomic E-state index is -0.593. The van der Waals surface area contributed by atoms with E-state index in [0.717, 1.165) is 12.8 Å². The molecule has 132 valence electrons. The van der Waals surface area contributed by atoms with E-state index in [1.54, 1.807) is 36.4 Å². The Bertz CT molecular complexity index is 700. The Labute approximate surface area is 148 Å². The third-order valence-electron chi connectivity index (χ3n) is 3.54. The van der Waals surface area contributed by atoms with E-state index in [9.17, 15) is 9.59 Å². The SMILES string of the molecule is CCCC(C)NC(=O)COC(=O)c1ccccc1Oc1ccccc1. The summed E-state index contributed by atoms with van der Waals surface area (Å²) in [7, 11) is 0. The molecule has 1 unspecified atom stereocenters. The molecule has 5 nitrogen and oxygen atoms in total. The lowest BCUT2D eigenvalue weighted by atomic mass is 10.2. The second-order valence-corrected chi connectivity index (χ2v) is 5.74. The molecule has 0 heterocycles. The predicted molar refractivity (Wildman–Crippen MR) is 95.8 cm³/mol. The number of ether oxygens (including phenoxy) is 2. The second kappa shape index (κ2) is 9.47. The van der Waals surface area contributed by atoms with Crippen molar-refractivity contribution in [2.75, 3.05) is 6.61 Å². The monoisotopic (exact) mass is 341 g/mol. The van der Waals surface area contributed by atoms with Gasteiger partial charge in [0.2, 0.25) is 0 Å². The maximum Gasteiger partial charge on any atom is 0.342 e. The van der Waals surface area contributed by atoms with Gasteiger partial charge >= 0.3 is 5.97 Å². The first-order chi connectivity index (χ1) is 12.1. The maximum absolute atomic E-state index is 12.3. The molecule has 0 aliphatic rings. The van der Waals surface area contributed by atoms with Gasteiger partial charge in [0.25, 0.3) is 5.91 Å². The first-order valence-electron chi connectivity index (χ1n) is 8.38. The van der Waals surface area contributed by atoms with E-state index < -0.39 is 5.97 Å². The third-order valence-corrected chi connectivity index (χ3v) is 3.54. The average molecular weight is 341 g/mol. The summed E-state index contributed by atoms with van der Waals surface area (Å²) in [6.45, 7) is 3.66. The number of carbonyl (C=O) groups is 2. The normalized spacial score (nSPS) is 11.4. The highest BCUT2D eigenvalue weighted by atomic mass is 16.5. The number of hydrogen-bond acceptors (Lipinski definition) is 4. The first-order valence-corrected chi connectivity index (χ1v) is 8.38. The number of carbonyl (C=O) groups excluding carboxylic acids is 2. The Morgan fingerprint density at radius 3 is 2.44 bits per heavy atom. The Kier molecular flexibility index (Phi) is 7.01. The van der Waals surface area contributed by atoms with Crippen LogP contribution in [0.5, 0.6) is 11.5 Å². The summed E-state index contributed by atoms with van der Waals surface area (Å²) >= 11 is 0. The molecule has 0 bridgehead atoms. The molecular weight excluding hydrogens is 318 g/mol. The fraction of sp³-hybridized carbons (Fsp3) is 0.300. The Hall–Kier alpha value is -2.82. The van der Waals surface area contributed by atoms with Gasteiger partial charge in [-0.15, -0.1) is 0 Å². The van der Waals surface area contributed by atoms with Gasteiger partial charge in [0.1, 0.15) is 17.1 Å². The summed E-state index contributed by atoms with van der Waals surface area (Å²) in [4.78, 5) is 24.1. The van der Waals surface area contributed by atoms with Crippen LogP contribution in [0.25, 0.3) is 0 Å². The van der Waals surface area contributed by atoms with Crippen molar-refractivity contribution in [3.8, 4) is 11.5 Å². The van der Waals surface area contributed by atoms with Gasteiger partial charge < -0.3 is 14.8 Å². The quantitative estimate of drug-likeness (QED) is 0.739. The third kappa shape index (κ3) is 5.95. The molecule has 0 saturated heterocycles. The van der Waals surface area contributed by atoms with Crippen molar-refractivity contribution in [3.63, 3.8) is 0 Å². The number of para-hydroxylation sites is 2. The Morgan fingerprint density at radius 2 is 1.72 bits per heavy atom. The number of hydrogen-bond donors (Lipinski definition) is 1. The van der Waals surface area contributed by atoms with E-state index in [4.69, 9.17) is 9.47 Å². The zero-order chi connectivity index (χ0) is 18.1. The van der Waals surface area contributed by atoms with Gasteiger partial charge in [-0.25, -0.2) is 4.79 Å². The minimum absolute atomic E-state index is 0.0601. The molecule has 2 aromatic rings. The summed E-state index contributed by atoms with van der Waals surface area (Å²) in [6.07, 6.45) is 1.86. The minimum Gasteiger partial charge on any atom is -0.456 e. The first kappa shape index (κ1) is 18.5. The topological polar surface area (TPSA) is 64.6 Å². The lowest BCUT2D eigenvalue weighted by molar-refractivity contribution is -0.124. The summed E-state index contributed by atoms with van der Waals surface area (Å²) < 4.78 is 10.8. The zero-order valence-corrected chi connectivity index (χ0v) is 14.5. The summed E-state index contributed by atoms with van der Waals surface area (Å²) in [5.74, 6) is 0.105. The molecule has 0 spiro atoms. The highest BCUT2D eigenvalue weighted by Gasteiger charge is 2.16. The average Bonchev–Trinajstić information content (AvgIpc) is 2.61. The molecule has 5 heteroatoms. The molecule has 1 N–H and O–H groups in total. The van der Waals surface area contributed by atoms with E-state index in [2.05, 4.69) is 5.32 Å². The molecule has 2 rings (SSSR count). The van der Waals surface area contributed by atoms with Gasteiger partial charge in [-0.05, 0) is 37.6 Å². The van der Waals surface area contributed by atoms with Crippen molar-refractivity contribution in [1.82, 2.24) is 5.32 Å². The van der Waals surface area contributed by atoms with Crippen LogP contribution in [0, 0.1) is 0 Å². The molecule has 1 atom stereocenters. The van der Waals surface area contributed by atoms with Crippen LogP contribution in [0.4, 0.5) is 0 Å². The van der Waals surface area contributed by atoms with Crippen LogP contribution in [-0.2, 0) is 9.53 Å². The van der Waals surface area contributed by atoms with Crippen LogP contribution < -0.4 is 10.1 Å². The molecule has 0 aromatic heterocycles. The summed E-state index contributed by atoms with van der Waals surface area (Å²) in [5, 5.41) is 2.79. The van der Waals surface area contributed by atoms with Gasteiger partial charge in [0, 0.05) is 6.04 Å². The molecule has 0 aliphatic heterocycles. The van der Waals surface area contributed by atoms with Gasteiger partial charge in [0.15, 0.2) is 6.61 Å². The van der Waals surface area contributed by atoms with Gasteiger partial charge in [-0.2, -0.15) is 0 Å². The number of nitrogens with one attached hydrogen (secondary N) is 1. The van der Waals surface area contributed by atoms with Crippen LogP contribution in [0.3, 0.4) is 0 Å². The zero-order valence-electron chi connectivity index (χ0n) is 14.5. The molecule has 0 radical (unpaired) electrons. The largest absolute Gasteiger partial charge is 0.456 e. The molecule has 0 saturated carbocycles. The molecule has 2 aromatic carbocycles. The van der Waals surface area contributed by atoms with E-state index in [1.807, 2.05) is 32.0 Å². The van der Waals surface area contributed by atoms with Crippen LogP contribution in [0.2, 0.25) is 0 Å². The predicted octanol–water partition coefficient (Wildman–Crippen LogP) is 3.94. The lowest BCUT2D eigenvalue weighted by Gasteiger charge is -2.13.